The first-order valence-corrected chi connectivity index (χ1v) is 5.67. The van der Waals surface area contributed by atoms with E-state index < -0.39 is 7.12 Å². The van der Waals surface area contributed by atoms with Crippen LogP contribution in [0, 0.1) is 6.92 Å². The quantitative estimate of drug-likeness (QED) is 0.774. The smallest absolute Gasteiger partial charge is 0.473 e. The second-order valence-corrected chi connectivity index (χ2v) is 3.99. The lowest BCUT2D eigenvalue weighted by molar-refractivity contribution is 0.294. The summed E-state index contributed by atoms with van der Waals surface area (Å²) in [6, 6.07) is 11.4. The van der Waals surface area contributed by atoms with Crippen LogP contribution in [0.5, 0.6) is 5.88 Å². The Kier molecular flexibility index (Phi) is 3.97. The maximum Gasteiger partial charge on any atom is 0.494 e. The number of pyridine rings is 1. The zero-order chi connectivity index (χ0) is 13.0. The Labute approximate surface area is 106 Å². The minimum atomic E-state index is -1.58. The standard InChI is InChI=1S/C13H14BNO3/c1-10-7-8-15-13(12(10)14(16)17)18-9-11-5-3-2-4-6-11/h2-8,16-17H,9H2,1H3. The van der Waals surface area contributed by atoms with Gasteiger partial charge in [0, 0.05) is 11.7 Å². The summed E-state index contributed by atoms with van der Waals surface area (Å²) in [4.78, 5) is 4.03. The molecular weight excluding hydrogens is 229 g/mol. The number of rotatable bonds is 4. The molecule has 92 valence electrons. The van der Waals surface area contributed by atoms with Gasteiger partial charge in [0.1, 0.15) is 6.61 Å². The van der Waals surface area contributed by atoms with Gasteiger partial charge >= 0.3 is 7.12 Å². The van der Waals surface area contributed by atoms with Gasteiger partial charge in [0.25, 0.3) is 0 Å². The average molecular weight is 243 g/mol. The molecule has 0 aliphatic heterocycles. The summed E-state index contributed by atoms with van der Waals surface area (Å²) in [7, 11) is -1.58. The molecule has 0 saturated carbocycles. The molecule has 0 aliphatic carbocycles. The SMILES string of the molecule is Cc1ccnc(OCc2ccccc2)c1B(O)O. The van der Waals surface area contributed by atoms with Crippen molar-refractivity contribution in [2.45, 2.75) is 13.5 Å². The first-order chi connectivity index (χ1) is 8.68. The first-order valence-electron chi connectivity index (χ1n) is 5.67. The Morgan fingerprint density at radius 3 is 2.56 bits per heavy atom. The highest BCUT2D eigenvalue weighted by molar-refractivity contribution is 6.60. The molecule has 0 fully saturated rings. The molecule has 0 saturated heterocycles. The van der Waals surface area contributed by atoms with Crippen molar-refractivity contribution >= 4 is 12.6 Å². The maximum absolute atomic E-state index is 9.32. The number of hydrogen-bond acceptors (Lipinski definition) is 4. The number of aromatic nitrogens is 1. The van der Waals surface area contributed by atoms with E-state index in [4.69, 9.17) is 4.74 Å². The number of hydrogen-bond donors (Lipinski definition) is 2. The summed E-state index contributed by atoms with van der Waals surface area (Å²) in [5, 5.41) is 18.6. The Bertz CT molecular complexity index is 517. The number of ether oxygens (including phenoxy) is 1. The van der Waals surface area contributed by atoms with Gasteiger partial charge in [0.05, 0.1) is 0 Å². The van der Waals surface area contributed by atoms with Crippen molar-refractivity contribution in [2.75, 3.05) is 0 Å². The molecule has 5 heteroatoms. The van der Waals surface area contributed by atoms with Gasteiger partial charge in [-0.25, -0.2) is 4.98 Å². The zero-order valence-electron chi connectivity index (χ0n) is 10.1. The third-order valence-corrected chi connectivity index (χ3v) is 2.65. The van der Waals surface area contributed by atoms with Crippen LogP contribution in [0.4, 0.5) is 0 Å². The van der Waals surface area contributed by atoms with E-state index in [0.717, 1.165) is 11.1 Å². The molecule has 4 nitrogen and oxygen atoms in total. The Morgan fingerprint density at radius 1 is 1.17 bits per heavy atom. The van der Waals surface area contributed by atoms with Crippen molar-refractivity contribution < 1.29 is 14.8 Å². The van der Waals surface area contributed by atoms with Gasteiger partial charge in [0.15, 0.2) is 0 Å². The fraction of sp³-hybridized carbons (Fsp3) is 0.154. The van der Waals surface area contributed by atoms with Crippen molar-refractivity contribution in [1.82, 2.24) is 4.98 Å². The fourth-order valence-electron chi connectivity index (χ4n) is 1.70. The molecule has 2 aromatic rings. The molecule has 1 heterocycles. The number of nitrogens with zero attached hydrogens (tertiary/aromatic N) is 1. The van der Waals surface area contributed by atoms with Gasteiger partial charge in [-0.15, -0.1) is 0 Å². The molecule has 2 N–H and O–H groups in total. The minimum Gasteiger partial charge on any atom is -0.473 e. The van der Waals surface area contributed by atoms with Crippen LogP contribution in [-0.2, 0) is 6.61 Å². The van der Waals surface area contributed by atoms with Crippen molar-refractivity contribution in [3.8, 4) is 5.88 Å². The third kappa shape index (κ3) is 2.88. The lowest BCUT2D eigenvalue weighted by Crippen LogP contribution is -2.34. The van der Waals surface area contributed by atoms with Gasteiger partial charge in [-0.05, 0) is 24.1 Å². The molecular formula is C13H14BNO3. The predicted octanol–water partition coefficient (Wildman–Crippen LogP) is 0.649. The normalized spacial score (nSPS) is 10.2. The van der Waals surface area contributed by atoms with E-state index in [0.29, 0.717) is 12.1 Å². The summed E-state index contributed by atoms with van der Waals surface area (Å²) in [6.07, 6.45) is 1.58. The third-order valence-electron chi connectivity index (χ3n) is 2.65. The van der Waals surface area contributed by atoms with Crippen LogP contribution >= 0.6 is 0 Å². The largest absolute Gasteiger partial charge is 0.494 e. The molecule has 0 unspecified atom stereocenters. The molecule has 1 aromatic carbocycles. The Balaban J connectivity index is 2.17. The molecule has 2 rings (SSSR count). The maximum atomic E-state index is 9.32. The predicted molar refractivity (Wildman–Crippen MR) is 69.6 cm³/mol. The number of aryl methyl sites for hydroxylation is 1. The first kappa shape index (κ1) is 12.6. The summed E-state index contributed by atoms with van der Waals surface area (Å²) < 4.78 is 5.53. The van der Waals surface area contributed by atoms with Gasteiger partial charge in [-0.1, -0.05) is 30.3 Å². The van der Waals surface area contributed by atoms with E-state index in [-0.39, 0.29) is 5.88 Å². The van der Waals surface area contributed by atoms with E-state index in [1.807, 2.05) is 30.3 Å². The van der Waals surface area contributed by atoms with Crippen LogP contribution < -0.4 is 10.2 Å². The van der Waals surface area contributed by atoms with Gasteiger partial charge in [0.2, 0.25) is 5.88 Å². The van der Waals surface area contributed by atoms with E-state index in [2.05, 4.69) is 4.98 Å². The minimum absolute atomic E-state index is 0.258. The van der Waals surface area contributed by atoms with E-state index in [1.165, 1.54) is 0 Å². The van der Waals surface area contributed by atoms with Crippen molar-refractivity contribution in [1.29, 1.82) is 0 Å². The Morgan fingerprint density at radius 2 is 1.89 bits per heavy atom. The summed E-state index contributed by atoms with van der Waals surface area (Å²) in [6.45, 7) is 2.13. The molecule has 1 aromatic heterocycles. The topological polar surface area (TPSA) is 62.6 Å². The molecule has 0 atom stereocenters. The monoisotopic (exact) mass is 243 g/mol. The van der Waals surface area contributed by atoms with Crippen LogP contribution in [0.2, 0.25) is 0 Å². The Hall–Kier alpha value is -1.85. The van der Waals surface area contributed by atoms with Gasteiger partial charge in [-0.3, -0.25) is 0 Å². The molecule has 18 heavy (non-hydrogen) atoms. The lowest BCUT2D eigenvalue weighted by atomic mass is 9.78. The number of benzene rings is 1. The second-order valence-electron chi connectivity index (χ2n) is 3.99. The van der Waals surface area contributed by atoms with E-state index >= 15 is 0 Å². The highest BCUT2D eigenvalue weighted by atomic mass is 16.5. The van der Waals surface area contributed by atoms with Gasteiger partial charge < -0.3 is 14.8 Å². The zero-order valence-corrected chi connectivity index (χ0v) is 10.1. The van der Waals surface area contributed by atoms with Crippen LogP contribution in [-0.4, -0.2) is 22.2 Å². The lowest BCUT2D eigenvalue weighted by Gasteiger charge is -2.11. The highest BCUT2D eigenvalue weighted by Crippen LogP contribution is 2.09. The molecule has 0 bridgehead atoms. The second kappa shape index (κ2) is 5.66. The molecule has 0 radical (unpaired) electrons. The fourth-order valence-corrected chi connectivity index (χ4v) is 1.70. The van der Waals surface area contributed by atoms with Crippen LogP contribution in [0.25, 0.3) is 0 Å². The molecule has 0 amide bonds. The van der Waals surface area contributed by atoms with Crippen molar-refractivity contribution in [2.24, 2.45) is 0 Å². The highest BCUT2D eigenvalue weighted by Gasteiger charge is 2.20. The van der Waals surface area contributed by atoms with Crippen LogP contribution in [0.1, 0.15) is 11.1 Å². The molecule has 0 aliphatic rings. The summed E-state index contributed by atoms with van der Waals surface area (Å²) >= 11 is 0. The van der Waals surface area contributed by atoms with Crippen molar-refractivity contribution in [3.05, 3.63) is 53.7 Å². The summed E-state index contributed by atoms with van der Waals surface area (Å²) in [5.41, 5.74) is 2.05. The van der Waals surface area contributed by atoms with Gasteiger partial charge in [-0.2, -0.15) is 0 Å². The summed E-state index contributed by atoms with van der Waals surface area (Å²) in [5.74, 6) is 0.258. The average Bonchev–Trinajstić information content (AvgIpc) is 2.37. The molecule has 0 spiro atoms. The van der Waals surface area contributed by atoms with Crippen LogP contribution in [0.15, 0.2) is 42.6 Å². The van der Waals surface area contributed by atoms with Crippen LogP contribution in [0.3, 0.4) is 0 Å². The van der Waals surface area contributed by atoms with E-state index in [9.17, 15) is 10.0 Å². The van der Waals surface area contributed by atoms with Crippen molar-refractivity contribution in [3.63, 3.8) is 0 Å². The van der Waals surface area contributed by atoms with E-state index in [1.54, 1.807) is 19.2 Å².